The molecule has 1 heterocycles. The smallest absolute Gasteiger partial charge is 0.162 e. The van der Waals surface area contributed by atoms with Gasteiger partial charge in [0.15, 0.2) is 5.75 Å². The van der Waals surface area contributed by atoms with Crippen molar-refractivity contribution in [3.8, 4) is 5.75 Å². The lowest BCUT2D eigenvalue weighted by atomic mass is 10.1. The Balaban J connectivity index is 2.38. The van der Waals surface area contributed by atoms with Crippen molar-refractivity contribution in [3.05, 3.63) is 47.7 Å². The molecule has 1 aromatic rings. The van der Waals surface area contributed by atoms with Crippen molar-refractivity contribution in [1.29, 1.82) is 0 Å². The topological polar surface area (TPSA) is 21.3 Å². The number of benzene rings is 1. The molecule has 0 radical (unpaired) electrons. The van der Waals surface area contributed by atoms with E-state index in [9.17, 15) is 0 Å². The number of nitrogens with one attached hydrogen (secondary N) is 1. The molecule has 0 amide bonds. The van der Waals surface area contributed by atoms with Crippen LogP contribution in [0.15, 0.2) is 42.1 Å². The summed E-state index contributed by atoms with van der Waals surface area (Å²) >= 11 is 0. The van der Waals surface area contributed by atoms with Crippen LogP contribution in [0.25, 0.3) is 6.08 Å². The van der Waals surface area contributed by atoms with Gasteiger partial charge in [-0.2, -0.15) is 0 Å². The molecule has 2 rings (SSSR count). The molecule has 0 spiro atoms. The summed E-state index contributed by atoms with van der Waals surface area (Å²) in [5.41, 5.74) is 4.93. The standard InChI is InChI=1S/C11H11NO/c1-2-5-10-8-9-6-3-4-7-11(9)13-12-10/h2-8,12H,1H3. The molecule has 0 aromatic heterocycles. The van der Waals surface area contributed by atoms with Crippen LogP contribution in [0.4, 0.5) is 0 Å². The summed E-state index contributed by atoms with van der Waals surface area (Å²) in [6, 6.07) is 7.91. The molecule has 0 saturated carbocycles. The minimum Gasteiger partial charge on any atom is -0.382 e. The van der Waals surface area contributed by atoms with Gasteiger partial charge in [0.2, 0.25) is 0 Å². The number of hydrogen-bond donors (Lipinski definition) is 1. The van der Waals surface area contributed by atoms with Crippen molar-refractivity contribution >= 4 is 6.08 Å². The van der Waals surface area contributed by atoms with Crippen molar-refractivity contribution in [3.63, 3.8) is 0 Å². The third-order valence-electron chi connectivity index (χ3n) is 1.86. The minimum absolute atomic E-state index is 0.871. The normalized spacial score (nSPS) is 14.4. The molecule has 0 aliphatic carbocycles. The van der Waals surface area contributed by atoms with Crippen LogP contribution in [0.1, 0.15) is 12.5 Å². The highest BCUT2D eigenvalue weighted by Crippen LogP contribution is 2.23. The summed E-state index contributed by atoms with van der Waals surface area (Å²) in [5, 5.41) is 0. The Labute approximate surface area is 77.5 Å². The fourth-order valence-corrected chi connectivity index (χ4v) is 1.27. The van der Waals surface area contributed by atoms with Crippen LogP contribution in [-0.4, -0.2) is 0 Å². The van der Waals surface area contributed by atoms with E-state index in [1.54, 1.807) is 0 Å². The van der Waals surface area contributed by atoms with Crippen molar-refractivity contribution < 1.29 is 4.84 Å². The lowest BCUT2D eigenvalue weighted by Crippen LogP contribution is -2.20. The van der Waals surface area contributed by atoms with E-state index < -0.39 is 0 Å². The van der Waals surface area contributed by atoms with Gasteiger partial charge in [0.05, 0.1) is 5.70 Å². The second kappa shape index (κ2) is 3.35. The quantitative estimate of drug-likeness (QED) is 0.704. The first-order valence-electron chi connectivity index (χ1n) is 4.26. The van der Waals surface area contributed by atoms with Gasteiger partial charge in [0.25, 0.3) is 0 Å². The zero-order valence-corrected chi connectivity index (χ0v) is 7.45. The van der Waals surface area contributed by atoms with Crippen molar-refractivity contribution in [2.24, 2.45) is 0 Å². The average molecular weight is 173 g/mol. The molecule has 2 heteroatoms. The van der Waals surface area contributed by atoms with Crippen molar-refractivity contribution in [1.82, 2.24) is 5.48 Å². The summed E-state index contributed by atoms with van der Waals surface area (Å²) in [7, 11) is 0. The van der Waals surface area contributed by atoms with Crippen molar-refractivity contribution in [2.45, 2.75) is 6.92 Å². The molecule has 66 valence electrons. The summed E-state index contributed by atoms with van der Waals surface area (Å²) in [6.45, 7) is 1.98. The van der Waals surface area contributed by atoms with Crippen LogP contribution >= 0.6 is 0 Å². The summed E-state index contributed by atoms with van der Waals surface area (Å²) < 4.78 is 0. The monoisotopic (exact) mass is 173 g/mol. The molecule has 0 saturated heterocycles. The Morgan fingerprint density at radius 1 is 1.31 bits per heavy atom. The van der Waals surface area contributed by atoms with Gasteiger partial charge in [0, 0.05) is 5.56 Å². The maximum Gasteiger partial charge on any atom is 0.162 e. The van der Waals surface area contributed by atoms with Gasteiger partial charge >= 0.3 is 0 Å². The molecular weight excluding hydrogens is 162 g/mol. The molecule has 0 atom stereocenters. The van der Waals surface area contributed by atoms with Crippen LogP contribution in [0.3, 0.4) is 0 Å². The van der Waals surface area contributed by atoms with E-state index in [1.807, 2.05) is 43.3 Å². The minimum atomic E-state index is 0.871. The van der Waals surface area contributed by atoms with E-state index >= 15 is 0 Å². The van der Waals surface area contributed by atoms with Gasteiger partial charge in [-0.1, -0.05) is 24.3 Å². The van der Waals surface area contributed by atoms with E-state index in [2.05, 4.69) is 11.6 Å². The molecular formula is C11H11NO. The fourth-order valence-electron chi connectivity index (χ4n) is 1.27. The molecule has 1 aliphatic rings. The Morgan fingerprint density at radius 2 is 2.15 bits per heavy atom. The molecule has 1 aliphatic heterocycles. The number of para-hydroxylation sites is 1. The zero-order valence-electron chi connectivity index (χ0n) is 7.45. The Bertz CT molecular complexity index is 366. The molecule has 0 bridgehead atoms. The number of rotatable bonds is 1. The van der Waals surface area contributed by atoms with Crippen LogP contribution < -0.4 is 10.3 Å². The Morgan fingerprint density at radius 3 is 3.00 bits per heavy atom. The van der Waals surface area contributed by atoms with Crippen LogP contribution in [0, 0.1) is 0 Å². The Hall–Kier alpha value is -1.70. The highest BCUT2D eigenvalue weighted by molar-refractivity contribution is 5.62. The fraction of sp³-hybridized carbons (Fsp3) is 0.0909. The second-order valence-corrected chi connectivity index (χ2v) is 2.84. The predicted octanol–water partition coefficient (Wildman–Crippen LogP) is 2.50. The lowest BCUT2D eigenvalue weighted by molar-refractivity contribution is 0.229. The highest BCUT2D eigenvalue weighted by atomic mass is 16.6. The highest BCUT2D eigenvalue weighted by Gasteiger charge is 2.07. The molecule has 1 aromatic carbocycles. The number of hydroxylamine groups is 1. The van der Waals surface area contributed by atoms with E-state index in [0.717, 1.165) is 17.0 Å². The maximum atomic E-state index is 5.32. The average Bonchev–Trinajstić information content (AvgIpc) is 2.18. The van der Waals surface area contributed by atoms with Crippen molar-refractivity contribution in [2.75, 3.05) is 0 Å². The van der Waals surface area contributed by atoms with Gasteiger partial charge < -0.3 is 4.84 Å². The van der Waals surface area contributed by atoms with Gasteiger partial charge in [-0.05, 0) is 25.1 Å². The third-order valence-corrected chi connectivity index (χ3v) is 1.86. The molecule has 0 fully saturated rings. The summed E-state index contributed by atoms with van der Waals surface area (Å²) in [4.78, 5) is 5.32. The van der Waals surface area contributed by atoms with E-state index in [4.69, 9.17) is 4.84 Å². The first-order valence-corrected chi connectivity index (χ1v) is 4.26. The lowest BCUT2D eigenvalue weighted by Gasteiger charge is -2.16. The van der Waals surface area contributed by atoms with Crippen LogP contribution in [0.2, 0.25) is 0 Å². The van der Waals surface area contributed by atoms with Gasteiger partial charge in [-0.25, -0.2) is 5.48 Å². The van der Waals surface area contributed by atoms with E-state index in [1.165, 1.54) is 0 Å². The van der Waals surface area contributed by atoms with E-state index in [0.29, 0.717) is 0 Å². The van der Waals surface area contributed by atoms with Crippen LogP contribution in [-0.2, 0) is 0 Å². The summed E-state index contributed by atoms with van der Waals surface area (Å²) in [5.74, 6) is 0.871. The number of allylic oxidation sites excluding steroid dienone is 2. The first-order chi connectivity index (χ1) is 6.40. The maximum absolute atomic E-state index is 5.32. The summed E-state index contributed by atoms with van der Waals surface area (Å²) in [6.07, 6.45) is 5.99. The second-order valence-electron chi connectivity index (χ2n) is 2.84. The molecule has 13 heavy (non-hydrogen) atoms. The van der Waals surface area contributed by atoms with Gasteiger partial charge in [0.1, 0.15) is 0 Å². The van der Waals surface area contributed by atoms with Gasteiger partial charge in [-0.15, -0.1) is 0 Å². The first kappa shape index (κ1) is 7.92. The third kappa shape index (κ3) is 1.56. The van der Waals surface area contributed by atoms with Crippen LogP contribution in [0.5, 0.6) is 5.75 Å². The van der Waals surface area contributed by atoms with Gasteiger partial charge in [-0.3, -0.25) is 0 Å². The molecule has 1 N–H and O–H groups in total. The molecule has 2 nitrogen and oxygen atoms in total. The predicted molar refractivity (Wildman–Crippen MR) is 53.0 cm³/mol. The Kier molecular flexibility index (Phi) is 2.04. The molecule has 0 unspecified atom stereocenters. The zero-order chi connectivity index (χ0) is 9.10. The largest absolute Gasteiger partial charge is 0.382 e. The SMILES string of the molecule is CC=CC1=Cc2ccccc2ON1. The number of fused-ring (bicyclic) bond motifs is 1. The van der Waals surface area contributed by atoms with E-state index in [-0.39, 0.29) is 0 Å². The number of hydrogen-bond acceptors (Lipinski definition) is 2.